The van der Waals surface area contributed by atoms with Crippen molar-refractivity contribution in [3.8, 4) is 0 Å². The molecule has 1 aromatic heterocycles. The lowest BCUT2D eigenvalue weighted by Gasteiger charge is -2.08. The van der Waals surface area contributed by atoms with Gasteiger partial charge in [0.15, 0.2) is 0 Å². The van der Waals surface area contributed by atoms with E-state index in [1.807, 2.05) is 6.07 Å². The van der Waals surface area contributed by atoms with E-state index in [9.17, 15) is 9.59 Å². The molecule has 0 aliphatic carbocycles. The molecular weight excluding hydrogens is 182 g/mol. The molecule has 0 spiro atoms. The first-order valence-corrected chi connectivity index (χ1v) is 4.27. The summed E-state index contributed by atoms with van der Waals surface area (Å²) in [6, 6.07) is 4.85. The molecule has 1 saturated heterocycles. The normalized spacial score (nSPS) is 20.7. The maximum absolute atomic E-state index is 11.2. The van der Waals surface area contributed by atoms with Crippen molar-refractivity contribution in [1.29, 1.82) is 0 Å². The van der Waals surface area contributed by atoms with Gasteiger partial charge in [0, 0.05) is 6.20 Å². The summed E-state index contributed by atoms with van der Waals surface area (Å²) in [5.74, 6) is 0.0615. The molecule has 1 aromatic rings. The number of hydrogen-bond donors (Lipinski definition) is 2. The van der Waals surface area contributed by atoms with Gasteiger partial charge in [-0.25, -0.2) is 4.98 Å². The van der Waals surface area contributed by atoms with Gasteiger partial charge in [0.25, 0.3) is 0 Å². The number of nitrogens with zero attached hydrogens (tertiary/aromatic N) is 1. The van der Waals surface area contributed by atoms with Crippen LogP contribution in [0.15, 0.2) is 24.4 Å². The SMILES string of the molecule is O=C1CC(Nc2ccccn2)C(=O)N1. The Kier molecular flexibility index (Phi) is 2.14. The van der Waals surface area contributed by atoms with Crippen molar-refractivity contribution in [2.24, 2.45) is 0 Å². The summed E-state index contributed by atoms with van der Waals surface area (Å²) in [4.78, 5) is 26.0. The number of carbonyl (C=O) groups excluding carboxylic acids is 2. The van der Waals surface area contributed by atoms with E-state index >= 15 is 0 Å². The zero-order chi connectivity index (χ0) is 9.97. The second-order valence-electron chi connectivity index (χ2n) is 3.03. The molecule has 2 heterocycles. The number of rotatable bonds is 2. The van der Waals surface area contributed by atoms with E-state index in [1.165, 1.54) is 0 Å². The maximum atomic E-state index is 11.2. The third-order valence-electron chi connectivity index (χ3n) is 1.96. The van der Waals surface area contributed by atoms with Crippen LogP contribution in [0, 0.1) is 0 Å². The smallest absolute Gasteiger partial charge is 0.249 e. The third-order valence-corrected chi connectivity index (χ3v) is 1.96. The highest BCUT2D eigenvalue weighted by Gasteiger charge is 2.30. The molecule has 1 aliphatic heterocycles. The van der Waals surface area contributed by atoms with Crippen LogP contribution in [0.2, 0.25) is 0 Å². The minimum absolute atomic E-state index is 0.176. The van der Waals surface area contributed by atoms with Gasteiger partial charge in [-0.1, -0.05) is 6.07 Å². The first kappa shape index (κ1) is 8.68. The Balaban J connectivity index is 2.05. The van der Waals surface area contributed by atoms with Gasteiger partial charge >= 0.3 is 0 Å². The number of nitrogens with one attached hydrogen (secondary N) is 2. The zero-order valence-electron chi connectivity index (χ0n) is 7.36. The van der Waals surface area contributed by atoms with Gasteiger partial charge in [-0.3, -0.25) is 14.9 Å². The summed E-state index contributed by atoms with van der Waals surface area (Å²) in [5.41, 5.74) is 0. The fraction of sp³-hybridized carbons (Fsp3) is 0.222. The van der Waals surface area contributed by atoms with Crippen LogP contribution in [-0.4, -0.2) is 22.8 Å². The first-order chi connectivity index (χ1) is 6.75. The molecule has 1 fully saturated rings. The minimum Gasteiger partial charge on any atom is -0.358 e. The van der Waals surface area contributed by atoms with E-state index in [2.05, 4.69) is 15.6 Å². The van der Waals surface area contributed by atoms with Crippen LogP contribution in [0.1, 0.15) is 6.42 Å². The van der Waals surface area contributed by atoms with E-state index < -0.39 is 6.04 Å². The summed E-state index contributed by atoms with van der Waals surface area (Å²) < 4.78 is 0. The van der Waals surface area contributed by atoms with Crippen molar-refractivity contribution in [1.82, 2.24) is 10.3 Å². The second kappa shape index (κ2) is 3.45. The van der Waals surface area contributed by atoms with Crippen molar-refractivity contribution >= 4 is 17.6 Å². The van der Waals surface area contributed by atoms with Gasteiger partial charge in [-0.05, 0) is 12.1 Å². The van der Waals surface area contributed by atoms with E-state index in [0.717, 1.165) is 0 Å². The number of carbonyl (C=O) groups is 2. The van der Waals surface area contributed by atoms with Crippen molar-refractivity contribution in [2.75, 3.05) is 5.32 Å². The highest BCUT2D eigenvalue weighted by atomic mass is 16.2. The quantitative estimate of drug-likeness (QED) is 0.641. The molecule has 2 amide bonds. The fourth-order valence-electron chi connectivity index (χ4n) is 1.30. The molecule has 72 valence electrons. The van der Waals surface area contributed by atoms with Gasteiger partial charge in [0.2, 0.25) is 11.8 Å². The topological polar surface area (TPSA) is 71.1 Å². The molecule has 0 saturated carbocycles. The standard InChI is InChI=1S/C9H9N3O2/c13-8-5-6(9(14)12-8)11-7-3-1-2-4-10-7/h1-4,6H,5H2,(H,10,11)(H,12,13,14). The Labute approximate surface area is 80.5 Å². The first-order valence-electron chi connectivity index (χ1n) is 4.27. The maximum Gasteiger partial charge on any atom is 0.249 e. The van der Waals surface area contributed by atoms with Crippen molar-refractivity contribution in [2.45, 2.75) is 12.5 Å². The molecule has 14 heavy (non-hydrogen) atoms. The largest absolute Gasteiger partial charge is 0.358 e. The molecule has 2 N–H and O–H groups in total. The van der Waals surface area contributed by atoms with Crippen LogP contribution in [-0.2, 0) is 9.59 Å². The molecule has 0 aromatic carbocycles. The van der Waals surface area contributed by atoms with Crippen LogP contribution in [0.4, 0.5) is 5.82 Å². The van der Waals surface area contributed by atoms with Gasteiger partial charge in [0.05, 0.1) is 6.42 Å². The Morgan fingerprint density at radius 1 is 1.43 bits per heavy atom. The summed E-state index contributed by atoms with van der Waals surface area (Å²) in [6.45, 7) is 0. The van der Waals surface area contributed by atoms with Crippen LogP contribution in [0.25, 0.3) is 0 Å². The zero-order valence-corrected chi connectivity index (χ0v) is 7.36. The predicted octanol–water partition coefficient (Wildman–Crippen LogP) is -0.0914. The van der Waals surface area contributed by atoms with Crippen molar-refractivity contribution in [3.05, 3.63) is 24.4 Å². The minimum atomic E-state index is -0.489. The summed E-state index contributed by atoms with van der Waals surface area (Å²) >= 11 is 0. The number of amides is 2. The van der Waals surface area contributed by atoms with Crippen LogP contribution in [0.5, 0.6) is 0 Å². The molecular formula is C9H9N3O2. The van der Waals surface area contributed by atoms with Crippen molar-refractivity contribution in [3.63, 3.8) is 0 Å². The Morgan fingerprint density at radius 2 is 2.29 bits per heavy atom. The highest BCUT2D eigenvalue weighted by Crippen LogP contribution is 2.09. The monoisotopic (exact) mass is 191 g/mol. The number of aromatic nitrogens is 1. The molecule has 2 rings (SSSR count). The molecule has 5 nitrogen and oxygen atoms in total. The van der Waals surface area contributed by atoms with Gasteiger partial charge in [-0.15, -0.1) is 0 Å². The van der Waals surface area contributed by atoms with Gasteiger partial charge in [0.1, 0.15) is 11.9 Å². The number of hydrogen-bond acceptors (Lipinski definition) is 4. The van der Waals surface area contributed by atoms with E-state index in [1.54, 1.807) is 18.3 Å². The van der Waals surface area contributed by atoms with E-state index in [0.29, 0.717) is 5.82 Å². The lowest BCUT2D eigenvalue weighted by Crippen LogP contribution is -2.30. The highest BCUT2D eigenvalue weighted by molar-refractivity contribution is 6.06. The summed E-state index contributed by atoms with van der Waals surface area (Å²) in [7, 11) is 0. The third kappa shape index (κ3) is 1.71. The molecule has 1 aliphatic rings. The fourth-order valence-corrected chi connectivity index (χ4v) is 1.30. The molecule has 0 radical (unpaired) electrons. The average Bonchev–Trinajstić information content (AvgIpc) is 2.47. The molecule has 5 heteroatoms. The number of imide groups is 1. The number of anilines is 1. The summed E-state index contributed by atoms with van der Waals surface area (Å²) in [5, 5.41) is 5.10. The molecule has 1 atom stereocenters. The lowest BCUT2D eigenvalue weighted by molar-refractivity contribution is -0.124. The average molecular weight is 191 g/mol. The van der Waals surface area contributed by atoms with Crippen LogP contribution in [0.3, 0.4) is 0 Å². The van der Waals surface area contributed by atoms with Gasteiger partial charge < -0.3 is 5.32 Å². The Morgan fingerprint density at radius 3 is 2.86 bits per heavy atom. The molecule has 0 bridgehead atoms. The Bertz CT molecular complexity index is 364. The Hall–Kier alpha value is -1.91. The van der Waals surface area contributed by atoms with Crippen LogP contribution >= 0.6 is 0 Å². The van der Waals surface area contributed by atoms with E-state index in [-0.39, 0.29) is 18.2 Å². The number of pyridine rings is 1. The predicted molar refractivity (Wildman–Crippen MR) is 49.4 cm³/mol. The lowest BCUT2D eigenvalue weighted by atomic mass is 10.2. The van der Waals surface area contributed by atoms with Gasteiger partial charge in [-0.2, -0.15) is 0 Å². The van der Waals surface area contributed by atoms with E-state index in [4.69, 9.17) is 0 Å². The summed E-state index contributed by atoms with van der Waals surface area (Å²) in [6.07, 6.45) is 1.80. The van der Waals surface area contributed by atoms with Crippen LogP contribution < -0.4 is 10.6 Å². The second-order valence-corrected chi connectivity index (χ2v) is 3.03. The molecule has 1 unspecified atom stereocenters. The van der Waals surface area contributed by atoms with Crippen molar-refractivity contribution < 1.29 is 9.59 Å².